The van der Waals surface area contributed by atoms with Crippen LogP contribution in [0.2, 0.25) is 0 Å². The van der Waals surface area contributed by atoms with E-state index in [1.54, 1.807) is 30.3 Å². The average molecular weight is 473 g/mol. The Balaban J connectivity index is 1.44. The zero-order chi connectivity index (χ0) is 24.8. The Labute approximate surface area is 206 Å². The summed E-state index contributed by atoms with van der Waals surface area (Å²) >= 11 is 0. The number of aryl methyl sites for hydroxylation is 1. The number of hydrogen-bond acceptors (Lipinski definition) is 7. The van der Waals surface area contributed by atoms with Crippen molar-refractivity contribution >= 4 is 23.5 Å². The van der Waals surface area contributed by atoms with Gasteiger partial charge >= 0.3 is 0 Å². The lowest BCUT2D eigenvalue weighted by Crippen LogP contribution is -2.51. The Kier molecular flexibility index (Phi) is 7.78. The van der Waals surface area contributed by atoms with Gasteiger partial charge in [0.15, 0.2) is 5.88 Å². The number of rotatable bonds is 6. The predicted octanol–water partition coefficient (Wildman–Crippen LogP) is 4.34. The van der Waals surface area contributed by atoms with Gasteiger partial charge in [0.05, 0.1) is 22.8 Å². The SMILES string of the molecule is Cc1cc(C#N)ccc1/C(C=N)=C(\O)Nc1ccc(C(=O)N2CCCC(N3CCCCC3)C2)cn1. The minimum atomic E-state index is -0.222. The van der Waals surface area contributed by atoms with Gasteiger partial charge in [0, 0.05) is 31.5 Å². The van der Waals surface area contributed by atoms with E-state index in [1.165, 1.54) is 25.5 Å². The van der Waals surface area contributed by atoms with Crippen LogP contribution in [0.3, 0.4) is 0 Å². The second kappa shape index (κ2) is 11.2. The zero-order valence-electron chi connectivity index (χ0n) is 20.1. The van der Waals surface area contributed by atoms with Gasteiger partial charge in [-0.15, -0.1) is 0 Å². The lowest BCUT2D eigenvalue weighted by Gasteiger charge is -2.41. The van der Waals surface area contributed by atoms with E-state index in [0.29, 0.717) is 28.6 Å². The number of anilines is 1. The molecular weight excluding hydrogens is 440 g/mol. The maximum absolute atomic E-state index is 13.1. The van der Waals surface area contributed by atoms with E-state index in [-0.39, 0.29) is 17.4 Å². The van der Waals surface area contributed by atoms with Gasteiger partial charge in [-0.1, -0.05) is 12.5 Å². The van der Waals surface area contributed by atoms with Crippen molar-refractivity contribution in [1.82, 2.24) is 14.8 Å². The van der Waals surface area contributed by atoms with Crippen LogP contribution in [-0.4, -0.2) is 64.2 Å². The number of aromatic nitrogens is 1. The molecule has 1 atom stereocenters. The molecule has 3 heterocycles. The van der Waals surface area contributed by atoms with Crippen LogP contribution in [0.1, 0.15) is 59.2 Å². The molecule has 0 saturated carbocycles. The fourth-order valence-corrected chi connectivity index (χ4v) is 5.00. The quantitative estimate of drug-likeness (QED) is 0.425. The number of pyridine rings is 1. The Hall–Kier alpha value is -3.70. The highest BCUT2D eigenvalue weighted by Crippen LogP contribution is 2.23. The number of allylic oxidation sites excluding steroid dienone is 1. The number of carbonyl (C=O) groups excluding carboxylic acids is 1. The maximum Gasteiger partial charge on any atom is 0.255 e. The summed E-state index contributed by atoms with van der Waals surface area (Å²) in [5.41, 5.74) is 2.73. The summed E-state index contributed by atoms with van der Waals surface area (Å²) in [7, 11) is 0. The van der Waals surface area contributed by atoms with Gasteiger partial charge in [-0.2, -0.15) is 5.26 Å². The van der Waals surface area contributed by atoms with Crippen molar-refractivity contribution in [1.29, 1.82) is 10.7 Å². The van der Waals surface area contributed by atoms with Crippen LogP contribution in [-0.2, 0) is 0 Å². The molecule has 2 aliphatic rings. The van der Waals surface area contributed by atoms with Crippen LogP contribution in [0.15, 0.2) is 42.4 Å². The number of amides is 1. The Morgan fingerprint density at radius 1 is 1.20 bits per heavy atom. The Bertz CT molecular complexity index is 1150. The molecule has 1 aromatic heterocycles. The fraction of sp³-hybridized carbons (Fsp3) is 0.407. The van der Waals surface area contributed by atoms with Gasteiger partial charge < -0.3 is 20.7 Å². The van der Waals surface area contributed by atoms with Crippen molar-refractivity contribution in [3.05, 3.63) is 64.7 Å². The largest absolute Gasteiger partial charge is 0.494 e. The highest BCUT2D eigenvalue weighted by atomic mass is 16.3. The van der Waals surface area contributed by atoms with Crippen LogP contribution in [0.25, 0.3) is 5.57 Å². The van der Waals surface area contributed by atoms with E-state index < -0.39 is 0 Å². The molecule has 0 radical (unpaired) electrons. The molecule has 8 nitrogen and oxygen atoms in total. The molecule has 3 N–H and O–H groups in total. The predicted molar refractivity (Wildman–Crippen MR) is 136 cm³/mol. The smallest absolute Gasteiger partial charge is 0.255 e. The average Bonchev–Trinajstić information content (AvgIpc) is 2.90. The number of carbonyl (C=O) groups is 1. The molecule has 0 bridgehead atoms. The van der Waals surface area contributed by atoms with Gasteiger partial charge in [0.1, 0.15) is 5.82 Å². The molecule has 2 saturated heterocycles. The molecule has 4 rings (SSSR count). The highest BCUT2D eigenvalue weighted by molar-refractivity contribution is 6.10. The van der Waals surface area contributed by atoms with E-state index in [9.17, 15) is 9.90 Å². The lowest BCUT2D eigenvalue weighted by molar-refractivity contribution is 0.0537. The van der Waals surface area contributed by atoms with E-state index in [0.717, 1.165) is 50.8 Å². The third kappa shape index (κ3) is 5.69. The summed E-state index contributed by atoms with van der Waals surface area (Å²) in [5.74, 6) is 0.133. The van der Waals surface area contributed by atoms with Gasteiger partial charge in [0.25, 0.3) is 5.91 Å². The van der Waals surface area contributed by atoms with E-state index >= 15 is 0 Å². The highest BCUT2D eigenvalue weighted by Gasteiger charge is 2.29. The van der Waals surface area contributed by atoms with Crippen molar-refractivity contribution in [3.8, 4) is 6.07 Å². The van der Waals surface area contributed by atoms with Gasteiger partial charge in [-0.25, -0.2) is 4.98 Å². The van der Waals surface area contributed by atoms with Crippen LogP contribution in [0, 0.1) is 23.7 Å². The van der Waals surface area contributed by atoms with Crippen LogP contribution >= 0.6 is 0 Å². The van der Waals surface area contributed by atoms with Gasteiger partial charge in [-0.05, 0) is 81.1 Å². The standard InChI is InChI=1S/C27H32N6O2/c1-19-14-20(15-28)7-9-23(19)24(16-29)26(34)31-25-10-8-21(17-30-25)27(35)33-13-5-6-22(18-33)32-11-3-2-4-12-32/h7-10,14,16-17,22,29,34H,2-6,11-13,18H2,1H3,(H,30,31)/b26-24-,29-16?. The summed E-state index contributed by atoms with van der Waals surface area (Å²) in [6.45, 7) is 5.60. The molecule has 8 heteroatoms. The third-order valence-electron chi connectivity index (χ3n) is 6.89. The molecule has 0 spiro atoms. The number of nitriles is 1. The summed E-state index contributed by atoms with van der Waals surface area (Å²) < 4.78 is 0. The lowest BCUT2D eigenvalue weighted by atomic mass is 9.99. The van der Waals surface area contributed by atoms with E-state index in [1.807, 2.05) is 11.8 Å². The molecule has 35 heavy (non-hydrogen) atoms. The number of aliphatic hydroxyl groups is 1. The zero-order valence-corrected chi connectivity index (χ0v) is 20.1. The number of benzene rings is 1. The Morgan fingerprint density at radius 3 is 2.66 bits per heavy atom. The number of aliphatic hydroxyl groups excluding tert-OH is 1. The molecule has 1 aromatic carbocycles. The second-order valence-electron chi connectivity index (χ2n) is 9.25. The molecule has 1 unspecified atom stereocenters. The number of nitrogens with one attached hydrogen (secondary N) is 2. The molecule has 2 aliphatic heterocycles. The molecule has 182 valence electrons. The number of piperidine rings is 2. The van der Waals surface area contributed by atoms with Gasteiger partial charge in [0.2, 0.25) is 0 Å². The minimum Gasteiger partial charge on any atom is -0.494 e. The van der Waals surface area contributed by atoms with Crippen LogP contribution in [0.4, 0.5) is 5.82 Å². The maximum atomic E-state index is 13.1. The van der Waals surface area contributed by atoms with Crippen molar-refractivity contribution < 1.29 is 9.90 Å². The topological polar surface area (TPSA) is 116 Å². The van der Waals surface area contributed by atoms with Crippen LogP contribution in [0.5, 0.6) is 0 Å². The van der Waals surface area contributed by atoms with Crippen molar-refractivity contribution in [2.24, 2.45) is 0 Å². The monoisotopic (exact) mass is 472 g/mol. The van der Waals surface area contributed by atoms with E-state index in [2.05, 4.69) is 21.3 Å². The second-order valence-corrected chi connectivity index (χ2v) is 9.25. The van der Waals surface area contributed by atoms with Crippen molar-refractivity contribution in [3.63, 3.8) is 0 Å². The number of hydrogen-bond donors (Lipinski definition) is 3. The molecule has 2 aromatic rings. The summed E-state index contributed by atoms with van der Waals surface area (Å²) in [4.78, 5) is 21.9. The van der Waals surface area contributed by atoms with Crippen LogP contribution < -0.4 is 5.32 Å². The first-order chi connectivity index (χ1) is 17.0. The van der Waals surface area contributed by atoms with Crippen molar-refractivity contribution in [2.45, 2.75) is 45.1 Å². The normalized spacial score (nSPS) is 19.4. The first-order valence-electron chi connectivity index (χ1n) is 12.2. The first kappa shape index (κ1) is 24.4. The number of nitrogens with zero attached hydrogens (tertiary/aromatic N) is 4. The Morgan fingerprint density at radius 2 is 2.00 bits per heavy atom. The molecule has 1 amide bonds. The molecular formula is C27H32N6O2. The molecule has 2 fully saturated rings. The number of likely N-dealkylation sites (tertiary alicyclic amines) is 2. The summed E-state index contributed by atoms with van der Waals surface area (Å²) in [5, 5.41) is 30.3. The fourth-order valence-electron chi connectivity index (χ4n) is 5.00. The summed E-state index contributed by atoms with van der Waals surface area (Å²) in [6.07, 6.45) is 8.54. The van der Waals surface area contributed by atoms with Crippen molar-refractivity contribution in [2.75, 3.05) is 31.5 Å². The minimum absolute atomic E-state index is 0.0149. The first-order valence-corrected chi connectivity index (χ1v) is 12.2. The summed E-state index contributed by atoms with van der Waals surface area (Å²) in [6, 6.07) is 11.0. The third-order valence-corrected chi connectivity index (χ3v) is 6.89. The van der Waals surface area contributed by atoms with E-state index in [4.69, 9.17) is 10.7 Å². The molecule has 0 aliphatic carbocycles. The van der Waals surface area contributed by atoms with Gasteiger partial charge in [-0.3, -0.25) is 9.69 Å².